The maximum atomic E-state index is 12.9. The summed E-state index contributed by atoms with van der Waals surface area (Å²) in [5.41, 5.74) is 1.45. The Labute approximate surface area is 183 Å². The third-order valence-corrected chi connectivity index (χ3v) is 6.50. The standard InChI is InChI=1S/C23H20N8O/c24-13-30-17-5-7-20(30)18(11-17)27-23(32)15-4-6-19-16(10-15)12-26-31(19)22-3-1-2-21(28-22)29-9-8-25-14-29/h1-4,6,8-10,12,14,17-18,20H,5,7,11H2,(H,27,32)/t17-,18+,20+/m0/s1. The Morgan fingerprint density at radius 1 is 1.19 bits per heavy atom. The molecular formula is C23H20N8O. The number of rotatable bonds is 4. The molecule has 1 aromatic carbocycles. The zero-order valence-corrected chi connectivity index (χ0v) is 17.2. The first-order valence-corrected chi connectivity index (χ1v) is 10.6. The highest BCUT2D eigenvalue weighted by Crippen LogP contribution is 2.37. The smallest absolute Gasteiger partial charge is 0.251 e. The highest BCUT2D eigenvalue weighted by Gasteiger charge is 2.46. The van der Waals surface area contributed by atoms with Crippen LogP contribution in [0.2, 0.25) is 0 Å². The van der Waals surface area contributed by atoms with E-state index >= 15 is 0 Å². The molecule has 158 valence electrons. The first kappa shape index (κ1) is 18.6. The molecule has 0 radical (unpaired) electrons. The van der Waals surface area contributed by atoms with Crippen molar-refractivity contribution in [1.29, 1.82) is 5.26 Å². The van der Waals surface area contributed by atoms with Crippen LogP contribution in [0.25, 0.3) is 22.5 Å². The molecular weight excluding hydrogens is 404 g/mol. The minimum absolute atomic E-state index is 0.0226. The maximum Gasteiger partial charge on any atom is 0.251 e. The van der Waals surface area contributed by atoms with Crippen molar-refractivity contribution < 1.29 is 4.79 Å². The third-order valence-electron chi connectivity index (χ3n) is 6.50. The van der Waals surface area contributed by atoms with Crippen molar-refractivity contribution in [1.82, 2.24) is 34.5 Å². The lowest BCUT2D eigenvalue weighted by Gasteiger charge is -2.21. The number of nitrogens with zero attached hydrogens (tertiary/aromatic N) is 7. The molecule has 0 unspecified atom stereocenters. The molecule has 2 aliphatic rings. The van der Waals surface area contributed by atoms with Crippen molar-refractivity contribution in [2.75, 3.05) is 0 Å². The molecule has 0 spiro atoms. The number of fused-ring (bicyclic) bond motifs is 3. The van der Waals surface area contributed by atoms with Crippen LogP contribution in [0.3, 0.4) is 0 Å². The van der Waals surface area contributed by atoms with Gasteiger partial charge in [0.2, 0.25) is 0 Å². The molecule has 32 heavy (non-hydrogen) atoms. The van der Waals surface area contributed by atoms with Crippen molar-refractivity contribution in [3.05, 3.63) is 66.9 Å². The minimum Gasteiger partial charge on any atom is -0.347 e. The molecule has 2 saturated heterocycles. The highest BCUT2D eigenvalue weighted by atomic mass is 16.1. The summed E-state index contributed by atoms with van der Waals surface area (Å²) in [5, 5.41) is 17.8. The van der Waals surface area contributed by atoms with Gasteiger partial charge in [-0.3, -0.25) is 9.36 Å². The number of carbonyl (C=O) groups is 1. The van der Waals surface area contributed by atoms with E-state index in [2.05, 4.69) is 26.6 Å². The SMILES string of the molecule is N#CN1[C@H]2CC[C@@H]1[C@H](NC(=O)c1ccc3c(cnn3-c3cccc(-n4ccnc4)n3)c1)C2. The molecule has 6 rings (SSSR count). The van der Waals surface area contributed by atoms with E-state index in [1.165, 1.54) is 0 Å². The molecule has 3 atom stereocenters. The van der Waals surface area contributed by atoms with Crippen molar-refractivity contribution in [2.45, 2.75) is 37.4 Å². The molecule has 4 aromatic rings. The predicted molar refractivity (Wildman–Crippen MR) is 116 cm³/mol. The highest BCUT2D eigenvalue weighted by molar-refractivity contribution is 5.98. The number of nitrogens with one attached hydrogen (secondary N) is 1. The van der Waals surface area contributed by atoms with Crippen LogP contribution in [-0.2, 0) is 0 Å². The summed E-state index contributed by atoms with van der Waals surface area (Å²) in [7, 11) is 0. The summed E-state index contributed by atoms with van der Waals surface area (Å²) in [6, 6.07) is 11.7. The maximum absolute atomic E-state index is 12.9. The summed E-state index contributed by atoms with van der Waals surface area (Å²) in [6.45, 7) is 0. The number of amides is 1. The number of hydrogen-bond donors (Lipinski definition) is 1. The van der Waals surface area contributed by atoms with Crippen LogP contribution in [-0.4, -0.2) is 53.2 Å². The molecule has 0 saturated carbocycles. The van der Waals surface area contributed by atoms with Gasteiger partial charge in [0.05, 0.1) is 23.8 Å². The van der Waals surface area contributed by atoms with E-state index in [0.717, 1.165) is 36.0 Å². The molecule has 2 aliphatic heterocycles. The predicted octanol–water partition coefficient (Wildman–Crippen LogP) is 2.42. The number of carbonyl (C=O) groups excluding carboxylic acids is 1. The Hall–Kier alpha value is -4.19. The minimum atomic E-state index is -0.115. The Bertz CT molecular complexity index is 1350. The zero-order valence-electron chi connectivity index (χ0n) is 17.2. The van der Waals surface area contributed by atoms with Gasteiger partial charge in [-0.25, -0.2) is 14.6 Å². The lowest BCUT2D eigenvalue weighted by atomic mass is 9.95. The first-order chi connectivity index (χ1) is 15.7. The summed E-state index contributed by atoms with van der Waals surface area (Å²) < 4.78 is 3.60. The van der Waals surface area contributed by atoms with Crippen LogP contribution in [0.15, 0.2) is 61.3 Å². The molecule has 5 heterocycles. The number of pyridine rings is 1. The van der Waals surface area contributed by atoms with Gasteiger partial charge in [-0.05, 0) is 49.6 Å². The second-order valence-electron chi connectivity index (χ2n) is 8.28. The van der Waals surface area contributed by atoms with Crippen molar-refractivity contribution >= 4 is 16.8 Å². The Balaban J connectivity index is 1.26. The average molecular weight is 424 g/mol. The van der Waals surface area contributed by atoms with Gasteiger partial charge >= 0.3 is 0 Å². The van der Waals surface area contributed by atoms with Crippen LogP contribution in [0, 0.1) is 11.5 Å². The topological polar surface area (TPSA) is 105 Å². The fourth-order valence-electron chi connectivity index (χ4n) is 4.98. The quantitative estimate of drug-likeness (QED) is 0.505. The normalized spacial score (nSPS) is 21.7. The van der Waals surface area contributed by atoms with Crippen molar-refractivity contribution in [3.8, 4) is 17.8 Å². The molecule has 0 aliphatic carbocycles. The monoisotopic (exact) mass is 424 g/mol. The van der Waals surface area contributed by atoms with Crippen LogP contribution in [0.4, 0.5) is 0 Å². The van der Waals surface area contributed by atoms with Gasteiger partial charge in [-0.15, -0.1) is 0 Å². The lowest BCUT2D eigenvalue weighted by Crippen LogP contribution is -2.43. The van der Waals surface area contributed by atoms with Crippen LogP contribution >= 0.6 is 0 Å². The average Bonchev–Trinajstić information content (AvgIpc) is 3.62. The first-order valence-electron chi connectivity index (χ1n) is 10.6. The van der Waals surface area contributed by atoms with Gasteiger partial charge in [0, 0.05) is 29.4 Å². The number of hydrogen-bond acceptors (Lipinski definition) is 6. The number of aromatic nitrogens is 5. The molecule has 9 heteroatoms. The van der Waals surface area contributed by atoms with E-state index in [1.54, 1.807) is 23.4 Å². The zero-order chi connectivity index (χ0) is 21.7. The summed E-state index contributed by atoms with van der Waals surface area (Å²) in [6.07, 6.45) is 12.1. The van der Waals surface area contributed by atoms with Gasteiger partial charge in [0.25, 0.3) is 5.91 Å². The van der Waals surface area contributed by atoms with Gasteiger partial charge in [0.1, 0.15) is 12.1 Å². The van der Waals surface area contributed by atoms with E-state index in [-0.39, 0.29) is 24.0 Å². The Morgan fingerprint density at radius 3 is 2.91 bits per heavy atom. The largest absolute Gasteiger partial charge is 0.347 e. The van der Waals surface area contributed by atoms with Gasteiger partial charge in [-0.2, -0.15) is 10.4 Å². The molecule has 1 amide bonds. The number of benzene rings is 1. The third kappa shape index (κ3) is 2.92. The second-order valence-corrected chi connectivity index (χ2v) is 8.28. The summed E-state index contributed by atoms with van der Waals surface area (Å²) in [4.78, 5) is 23.5. The molecule has 2 fully saturated rings. The molecule has 1 N–H and O–H groups in total. The molecule has 3 aromatic heterocycles. The fourth-order valence-corrected chi connectivity index (χ4v) is 4.98. The van der Waals surface area contributed by atoms with Gasteiger partial charge in [-0.1, -0.05) is 6.07 Å². The van der Waals surface area contributed by atoms with E-state index in [1.807, 2.05) is 52.1 Å². The van der Waals surface area contributed by atoms with Crippen molar-refractivity contribution in [2.24, 2.45) is 0 Å². The Morgan fingerprint density at radius 2 is 2.09 bits per heavy atom. The number of nitriles is 1. The lowest BCUT2D eigenvalue weighted by molar-refractivity contribution is 0.0928. The van der Waals surface area contributed by atoms with Crippen LogP contribution in [0.5, 0.6) is 0 Å². The fraction of sp³-hybridized carbons (Fsp3) is 0.261. The molecule has 9 nitrogen and oxygen atoms in total. The second kappa shape index (κ2) is 7.20. The number of imidazole rings is 1. The van der Waals surface area contributed by atoms with Gasteiger partial charge < -0.3 is 10.2 Å². The van der Waals surface area contributed by atoms with E-state index in [0.29, 0.717) is 11.4 Å². The van der Waals surface area contributed by atoms with Crippen LogP contribution < -0.4 is 5.32 Å². The van der Waals surface area contributed by atoms with E-state index in [4.69, 9.17) is 0 Å². The van der Waals surface area contributed by atoms with Crippen molar-refractivity contribution in [3.63, 3.8) is 0 Å². The summed E-state index contributed by atoms with van der Waals surface area (Å²) >= 11 is 0. The Kier molecular flexibility index (Phi) is 4.18. The van der Waals surface area contributed by atoms with E-state index < -0.39 is 0 Å². The molecule has 2 bridgehead atoms. The van der Waals surface area contributed by atoms with E-state index in [9.17, 15) is 10.1 Å². The van der Waals surface area contributed by atoms with Crippen LogP contribution in [0.1, 0.15) is 29.6 Å². The summed E-state index contributed by atoms with van der Waals surface area (Å²) in [5.74, 6) is 1.31. The van der Waals surface area contributed by atoms with Gasteiger partial charge in [0.15, 0.2) is 12.0 Å².